The third-order valence-electron chi connectivity index (χ3n) is 4.67. The van der Waals surface area contributed by atoms with Crippen molar-refractivity contribution in [1.82, 2.24) is 29.7 Å². The molecule has 0 aromatic carbocycles. The highest BCUT2D eigenvalue weighted by Gasteiger charge is 2.36. The number of rotatable bonds is 5. The Morgan fingerprint density at radius 1 is 1.30 bits per heavy atom. The number of hydrogen-bond donors (Lipinski definition) is 1. The van der Waals surface area contributed by atoms with E-state index in [9.17, 15) is 18.0 Å². The molecule has 30 heavy (non-hydrogen) atoms. The number of hydrogen-bond acceptors (Lipinski definition) is 5. The molecular formula is C19H17F3N6O2. The number of aromatic nitrogens is 5. The summed E-state index contributed by atoms with van der Waals surface area (Å²) in [5, 5.41) is 10.7. The minimum absolute atomic E-state index is 0.00529. The number of carbonyl (C=O) groups is 1. The largest absolute Gasteiger partial charge is 0.463 e. The summed E-state index contributed by atoms with van der Waals surface area (Å²) in [7, 11) is 0. The van der Waals surface area contributed by atoms with Gasteiger partial charge in [-0.05, 0) is 32.0 Å². The van der Waals surface area contributed by atoms with Gasteiger partial charge in [0.15, 0.2) is 22.8 Å². The Kier molecular flexibility index (Phi) is 4.80. The highest BCUT2D eigenvalue weighted by Crippen LogP contribution is 2.32. The Balaban J connectivity index is 1.66. The minimum Gasteiger partial charge on any atom is -0.463 e. The summed E-state index contributed by atoms with van der Waals surface area (Å²) in [4.78, 5) is 16.7. The summed E-state index contributed by atoms with van der Waals surface area (Å²) in [6, 6.07) is 5.09. The molecule has 11 heteroatoms. The summed E-state index contributed by atoms with van der Waals surface area (Å²) < 4.78 is 48.3. The molecular weight excluding hydrogens is 401 g/mol. The predicted molar refractivity (Wildman–Crippen MR) is 99.5 cm³/mol. The summed E-state index contributed by atoms with van der Waals surface area (Å²) in [5.41, 5.74) is 0.355. The van der Waals surface area contributed by atoms with Crippen LogP contribution in [-0.4, -0.2) is 30.3 Å². The molecule has 0 fully saturated rings. The summed E-state index contributed by atoms with van der Waals surface area (Å²) in [5.74, 6) is -0.435. The van der Waals surface area contributed by atoms with Gasteiger partial charge in [-0.15, -0.1) is 0 Å². The number of fused-ring (bicyclic) bond motifs is 1. The van der Waals surface area contributed by atoms with E-state index in [4.69, 9.17) is 4.42 Å². The van der Waals surface area contributed by atoms with E-state index in [1.807, 2.05) is 13.8 Å². The molecule has 4 rings (SSSR count). The molecule has 4 heterocycles. The number of nitrogens with zero attached hydrogens (tertiary/aromatic N) is 5. The predicted octanol–water partition coefficient (Wildman–Crippen LogP) is 3.46. The minimum atomic E-state index is -4.70. The van der Waals surface area contributed by atoms with Gasteiger partial charge in [-0.1, -0.05) is 0 Å². The lowest BCUT2D eigenvalue weighted by atomic mass is 10.2. The van der Waals surface area contributed by atoms with Crippen LogP contribution >= 0.6 is 0 Å². The number of aryl methyl sites for hydroxylation is 1. The molecule has 1 amide bonds. The Hall–Kier alpha value is -3.63. The lowest BCUT2D eigenvalue weighted by molar-refractivity contribution is -0.142. The third kappa shape index (κ3) is 3.53. The van der Waals surface area contributed by atoms with Gasteiger partial charge in [0, 0.05) is 30.4 Å². The van der Waals surface area contributed by atoms with Gasteiger partial charge >= 0.3 is 6.18 Å². The molecule has 0 unspecified atom stereocenters. The van der Waals surface area contributed by atoms with Gasteiger partial charge in [0.05, 0.1) is 12.5 Å². The number of nitrogens with one attached hydrogen (secondary N) is 1. The van der Waals surface area contributed by atoms with E-state index in [1.54, 1.807) is 16.9 Å². The van der Waals surface area contributed by atoms with E-state index in [-0.39, 0.29) is 29.3 Å². The zero-order chi connectivity index (χ0) is 21.5. The Labute approximate surface area is 168 Å². The van der Waals surface area contributed by atoms with Gasteiger partial charge in [0.25, 0.3) is 5.91 Å². The molecule has 4 aromatic heterocycles. The first kappa shape index (κ1) is 19.7. The molecule has 1 N–H and O–H groups in total. The maximum absolute atomic E-state index is 13.6. The highest BCUT2D eigenvalue weighted by atomic mass is 19.4. The molecule has 0 saturated carbocycles. The quantitative estimate of drug-likeness (QED) is 0.536. The Morgan fingerprint density at radius 2 is 2.10 bits per heavy atom. The molecule has 0 aliphatic rings. The summed E-state index contributed by atoms with van der Waals surface area (Å²) in [6.45, 7) is 4.69. The van der Waals surface area contributed by atoms with Crippen molar-refractivity contribution in [1.29, 1.82) is 0 Å². The fourth-order valence-corrected chi connectivity index (χ4v) is 3.08. The second kappa shape index (κ2) is 7.32. The van der Waals surface area contributed by atoms with Crippen molar-refractivity contribution in [2.24, 2.45) is 0 Å². The van der Waals surface area contributed by atoms with Gasteiger partial charge in [0.2, 0.25) is 0 Å². The van der Waals surface area contributed by atoms with Gasteiger partial charge in [-0.3, -0.25) is 9.48 Å². The molecule has 4 aromatic rings. The molecule has 0 spiro atoms. The van der Waals surface area contributed by atoms with E-state index < -0.39 is 17.8 Å². The maximum atomic E-state index is 13.6. The third-order valence-corrected chi connectivity index (χ3v) is 4.67. The zero-order valence-corrected chi connectivity index (χ0v) is 16.1. The average Bonchev–Trinajstić information content (AvgIpc) is 3.44. The van der Waals surface area contributed by atoms with Gasteiger partial charge in [-0.2, -0.15) is 23.4 Å². The molecule has 156 valence electrons. The summed E-state index contributed by atoms with van der Waals surface area (Å²) in [6.07, 6.45) is -1.72. The Morgan fingerprint density at radius 3 is 2.73 bits per heavy atom. The molecule has 0 atom stereocenters. The monoisotopic (exact) mass is 418 g/mol. The normalized spacial score (nSPS) is 11.9. The summed E-state index contributed by atoms with van der Waals surface area (Å²) >= 11 is 0. The molecule has 0 radical (unpaired) electrons. The number of amides is 1. The second-order valence-corrected chi connectivity index (χ2v) is 6.55. The van der Waals surface area contributed by atoms with Gasteiger partial charge < -0.3 is 9.73 Å². The van der Waals surface area contributed by atoms with E-state index in [0.29, 0.717) is 11.1 Å². The van der Waals surface area contributed by atoms with Crippen LogP contribution in [0.5, 0.6) is 0 Å². The van der Waals surface area contributed by atoms with E-state index >= 15 is 0 Å². The first-order valence-electron chi connectivity index (χ1n) is 9.09. The second-order valence-electron chi connectivity index (χ2n) is 6.55. The van der Waals surface area contributed by atoms with Crippen molar-refractivity contribution in [2.75, 3.05) is 0 Å². The van der Waals surface area contributed by atoms with Crippen LogP contribution in [0.1, 0.15) is 34.4 Å². The number of alkyl halides is 3. The van der Waals surface area contributed by atoms with Crippen molar-refractivity contribution in [3.8, 4) is 11.5 Å². The van der Waals surface area contributed by atoms with Crippen molar-refractivity contribution in [3.05, 3.63) is 59.4 Å². The van der Waals surface area contributed by atoms with Crippen LogP contribution < -0.4 is 5.32 Å². The van der Waals surface area contributed by atoms with Gasteiger partial charge in [0.1, 0.15) is 5.69 Å². The SMILES string of the molecule is CCn1ncc(CNC(=O)c2cc3nc(-c4ccco4)cc(C(F)(F)F)n3n2)c1C. The van der Waals surface area contributed by atoms with E-state index in [2.05, 4.69) is 20.5 Å². The molecule has 0 saturated heterocycles. The average molecular weight is 418 g/mol. The van der Waals surface area contributed by atoms with Crippen LogP contribution in [0.25, 0.3) is 17.1 Å². The van der Waals surface area contributed by atoms with Crippen LogP contribution in [0.15, 0.2) is 41.1 Å². The number of halogens is 3. The van der Waals surface area contributed by atoms with Crippen molar-refractivity contribution >= 4 is 11.6 Å². The van der Waals surface area contributed by atoms with Gasteiger partial charge in [-0.25, -0.2) is 9.50 Å². The van der Waals surface area contributed by atoms with Crippen LogP contribution in [0.3, 0.4) is 0 Å². The van der Waals surface area contributed by atoms with Crippen molar-refractivity contribution in [2.45, 2.75) is 33.1 Å². The first-order chi connectivity index (χ1) is 14.3. The van der Waals surface area contributed by atoms with E-state index in [1.165, 1.54) is 18.4 Å². The molecule has 0 aliphatic carbocycles. The Bertz CT molecular complexity index is 1210. The smallest absolute Gasteiger partial charge is 0.433 e. The fraction of sp³-hybridized carbons (Fsp3) is 0.263. The molecule has 0 aliphatic heterocycles. The van der Waals surface area contributed by atoms with Crippen LogP contribution in [0.2, 0.25) is 0 Å². The van der Waals surface area contributed by atoms with Crippen LogP contribution in [0.4, 0.5) is 13.2 Å². The van der Waals surface area contributed by atoms with Crippen LogP contribution in [0, 0.1) is 6.92 Å². The lowest BCUT2D eigenvalue weighted by Crippen LogP contribution is -2.23. The lowest BCUT2D eigenvalue weighted by Gasteiger charge is -2.09. The maximum Gasteiger partial charge on any atom is 0.433 e. The first-order valence-corrected chi connectivity index (χ1v) is 9.09. The van der Waals surface area contributed by atoms with Crippen molar-refractivity contribution in [3.63, 3.8) is 0 Å². The van der Waals surface area contributed by atoms with Crippen LogP contribution in [-0.2, 0) is 19.3 Å². The topological polar surface area (TPSA) is 90.2 Å². The number of carbonyl (C=O) groups excluding carboxylic acids is 1. The highest BCUT2D eigenvalue weighted by molar-refractivity contribution is 5.93. The van der Waals surface area contributed by atoms with E-state index in [0.717, 1.165) is 17.3 Å². The standard InChI is InChI=1S/C19H17F3N6O2/c1-3-27-11(2)12(10-24-27)9-23-18(29)14-8-17-25-13(15-5-4-6-30-15)7-16(19(20,21)22)28(17)26-14/h4-8,10H,3,9H2,1-2H3,(H,23,29). The fourth-order valence-electron chi connectivity index (χ4n) is 3.08. The molecule has 8 nitrogen and oxygen atoms in total. The number of furan rings is 1. The molecule has 0 bridgehead atoms. The zero-order valence-electron chi connectivity index (χ0n) is 16.1. The van der Waals surface area contributed by atoms with Crippen molar-refractivity contribution < 1.29 is 22.4 Å².